The van der Waals surface area contributed by atoms with E-state index in [0.717, 1.165) is 0 Å². The van der Waals surface area contributed by atoms with Crippen LogP contribution in [0.4, 0.5) is 10.5 Å². The molecule has 0 radical (unpaired) electrons. The molecule has 0 spiro atoms. The second-order valence-electron chi connectivity index (χ2n) is 3.58. The summed E-state index contributed by atoms with van der Waals surface area (Å²) in [6.07, 6.45) is -0.557. The lowest BCUT2D eigenvalue weighted by Gasteiger charge is -2.10. The molecule has 19 heavy (non-hydrogen) atoms. The number of aliphatic hydroxyl groups is 1. The van der Waals surface area contributed by atoms with Crippen LogP contribution in [0, 0.1) is 10.1 Å². The van der Waals surface area contributed by atoms with Crippen molar-refractivity contribution in [3.63, 3.8) is 0 Å². The lowest BCUT2D eigenvalue weighted by Crippen LogP contribution is -2.13. The van der Waals surface area contributed by atoms with E-state index in [1.54, 1.807) is 0 Å². The minimum atomic E-state index is -0.945. The fraction of sp³-hybridized carbons (Fsp3) is 0.364. The zero-order chi connectivity index (χ0) is 14.3. The summed E-state index contributed by atoms with van der Waals surface area (Å²) in [5.74, 6) is 0.226. The number of amides is 1. The molecule has 1 aromatic rings. The third-order valence-corrected chi connectivity index (χ3v) is 2.19. The van der Waals surface area contributed by atoms with E-state index >= 15 is 0 Å². The molecule has 1 rings (SSSR count). The van der Waals surface area contributed by atoms with Crippen molar-refractivity contribution in [2.75, 3.05) is 13.2 Å². The number of aliphatic hydroxyl groups excluding tert-OH is 1. The van der Waals surface area contributed by atoms with Gasteiger partial charge in [0.05, 0.1) is 17.6 Å². The number of benzene rings is 1. The molecule has 104 valence electrons. The van der Waals surface area contributed by atoms with Gasteiger partial charge in [-0.15, -0.1) is 0 Å². The molecule has 0 heterocycles. The van der Waals surface area contributed by atoms with Crippen LogP contribution in [0.15, 0.2) is 18.2 Å². The van der Waals surface area contributed by atoms with E-state index in [1.807, 2.05) is 0 Å². The normalized spacial score (nSPS) is 9.95. The van der Waals surface area contributed by atoms with Gasteiger partial charge in [0.1, 0.15) is 12.4 Å². The topological polar surface area (TPSA) is 125 Å². The number of ether oxygens (including phenoxy) is 2. The van der Waals surface area contributed by atoms with Crippen LogP contribution < -0.4 is 10.5 Å². The molecule has 0 atom stereocenters. The molecule has 0 aromatic heterocycles. The van der Waals surface area contributed by atoms with Crippen LogP contribution >= 0.6 is 0 Å². The Morgan fingerprint density at radius 3 is 2.79 bits per heavy atom. The minimum absolute atomic E-state index is 0.0535. The summed E-state index contributed by atoms with van der Waals surface area (Å²) in [5, 5.41) is 19.3. The zero-order valence-corrected chi connectivity index (χ0v) is 10.1. The van der Waals surface area contributed by atoms with Crippen molar-refractivity contribution in [3.8, 4) is 5.75 Å². The predicted molar refractivity (Wildman–Crippen MR) is 64.7 cm³/mol. The van der Waals surface area contributed by atoms with E-state index in [9.17, 15) is 14.9 Å². The van der Waals surface area contributed by atoms with Gasteiger partial charge >= 0.3 is 6.09 Å². The number of hydrogen-bond donors (Lipinski definition) is 2. The number of nitrogens with two attached hydrogens (primary N) is 1. The quantitative estimate of drug-likeness (QED) is 0.431. The number of nitro groups is 1. The molecular formula is C11H14N2O6. The molecule has 3 N–H and O–H groups in total. The van der Waals surface area contributed by atoms with Gasteiger partial charge in [0.25, 0.3) is 5.69 Å². The van der Waals surface area contributed by atoms with Crippen molar-refractivity contribution >= 4 is 11.8 Å². The Kier molecular flexibility index (Phi) is 5.55. The van der Waals surface area contributed by atoms with Gasteiger partial charge in [-0.05, 0) is 6.07 Å². The average Bonchev–Trinajstić information content (AvgIpc) is 2.37. The molecular weight excluding hydrogens is 256 g/mol. The van der Waals surface area contributed by atoms with Crippen molar-refractivity contribution < 1.29 is 24.3 Å². The number of nitrogens with zero attached hydrogens (tertiary/aromatic N) is 1. The molecule has 0 aliphatic heterocycles. The molecule has 0 aliphatic rings. The largest absolute Gasteiger partial charge is 0.493 e. The van der Waals surface area contributed by atoms with Gasteiger partial charge < -0.3 is 20.3 Å². The minimum Gasteiger partial charge on any atom is -0.493 e. The second kappa shape index (κ2) is 7.17. The molecule has 0 saturated carbocycles. The van der Waals surface area contributed by atoms with Gasteiger partial charge in [-0.2, -0.15) is 0 Å². The zero-order valence-electron chi connectivity index (χ0n) is 10.1. The Hall–Kier alpha value is -2.35. The van der Waals surface area contributed by atoms with Crippen molar-refractivity contribution in [1.29, 1.82) is 0 Å². The SMILES string of the molecule is NC(=O)OCc1ccc([N+](=O)[O-])cc1OCCCO. The average molecular weight is 270 g/mol. The van der Waals surface area contributed by atoms with Gasteiger partial charge in [0.15, 0.2) is 0 Å². The Balaban J connectivity index is 2.86. The first kappa shape index (κ1) is 14.7. The number of hydrogen-bond acceptors (Lipinski definition) is 6. The summed E-state index contributed by atoms with van der Waals surface area (Å²) in [6, 6.07) is 3.94. The van der Waals surface area contributed by atoms with Crippen LogP contribution in [0.2, 0.25) is 0 Å². The van der Waals surface area contributed by atoms with Crippen LogP contribution in [0.1, 0.15) is 12.0 Å². The molecule has 0 bridgehead atoms. The van der Waals surface area contributed by atoms with Gasteiger partial charge in [0, 0.05) is 24.7 Å². The third kappa shape index (κ3) is 4.80. The molecule has 0 aliphatic carbocycles. The van der Waals surface area contributed by atoms with E-state index in [1.165, 1.54) is 18.2 Å². The van der Waals surface area contributed by atoms with Gasteiger partial charge in [0.2, 0.25) is 0 Å². The fourth-order valence-corrected chi connectivity index (χ4v) is 1.31. The first-order valence-electron chi connectivity index (χ1n) is 5.47. The monoisotopic (exact) mass is 270 g/mol. The molecule has 1 aromatic carbocycles. The summed E-state index contributed by atoms with van der Waals surface area (Å²) in [5.41, 5.74) is 5.17. The maximum atomic E-state index is 10.7. The van der Waals surface area contributed by atoms with Crippen LogP contribution in [0.5, 0.6) is 5.75 Å². The number of carbonyl (C=O) groups excluding carboxylic acids is 1. The Morgan fingerprint density at radius 1 is 1.47 bits per heavy atom. The lowest BCUT2D eigenvalue weighted by molar-refractivity contribution is -0.385. The number of carbonyl (C=O) groups is 1. The molecule has 8 nitrogen and oxygen atoms in total. The molecule has 0 saturated heterocycles. The molecule has 0 unspecified atom stereocenters. The Morgan fingerprint density at radius 2 is 2.21 bits per heavy atom. The summed E-state index contributed by atoms with van der Waals surface area (Å²) in [6.45, 7) is 0.00503. The Labute approximate surface area is 108 Å². The standard InChI is InChI=1S/C11H14N2O6/c12-11(15)19-7-8-2-3-9(13(16)17)6-10(8)18-5-1-4-14/h2-3,6,14H,1,4-5,7H2,(H2,12,15). The first-order valence-corrected chi connectivity index (χ1v) is 5.47. The van der Waals surface area contributed by atoms with Crippen LogP contribution in [-0.2, 0) is 11.3 Å². The number of nitro benzene ring substituents is 1. The molecule has 1 amide bonds. The summed E-state index contributed by atoms with van der Waals surface area (Å²) in [4.78, 5) is 20.6. The summed E-state index contributed by atoms with van der Waals surface area (Å²) in [7, 11) is 0. The molecule has 0 fully saturated rings. The van der Waals surface area contributed by atoms with Gasteiger partial charge in [-0.25, -0.2) is 4.79 Å². The van der Waals surface area contributed by atoms with Gasteiger partial charge in [-0.3, -0.25) is 10.1 Å². The number of rotatable bonds is 7. The van der Waals surface area contributed by atoms with E-state index < -0.39 is 11.0 Å². The van der Waals surface area contributed by atoms with E-state index in [0.29, 0.717) is 12.0 Å². The highest BCUT2D eigenvalue weighted by atomic mass is 16.6. The summed E-state index contributed by atoms with van der Waals surface area (Å²) >= 11 is 0. The van der Waals surface area contributed by atoms with E-state index in [-0.39, 0.29) is 31.3 Å². The van der Waals surface area contributed by atoms with Crippen molar-refractivity contribution in [2.45, 2.75) is 13.0 Å². The Bertz CT molecular complexity index is 462. The van der Waals surface area contributed by atoms with E-state index in [2.05, 4.69) is 4.74 Å². The van der Waals surface area contributed by atoms with Crippen LogP contribution in [0.25, 0.3) is 0 Å². The van der Waals surface area contributed by atoms with Crippen molar-refractivity contribution in [2.24, 2.45) is 5.73 Å². The van der Waals surface area contributed by atoms with Crippen LogP contribution in [0.3, 0.4) is 0 Å². The lowest BCUT2D eigenvalue weighted by atomic mass is 10.2. The van der Waals surface area contributed by atoms with Crippen LogP contribution in [-0.4, -0.2) is 29.3 Å². The summed E-state index contributed by atoms with van der Waals surface area (Å²) < 4.78 is 9.92. The van der Waals surface area contributed by atoms with Crippen molar-refractivity contribution in [1.82, 2.24) is 0 Å². The molecule has 8 heteroatoms. The van der Waals surface area contributed by atoms with Crippen molar-refractivity contribution in [3.05, 3.63) is 33.9 Å². The number of primary amides is 1. The highest BCUT2D eigenvalue weighted by Gasteiger charge is 2.13. The van der Waals surface area contributed by atoms with Gasteiger partial charge in [-0.1, -0.05) is 0 Å². The maximum Gasteiger partial charge on any atom is 0.404 e. The number of non-ortho nitro benzene ring substituents is 1. The third-order valence-electron chi connectivity index (χ3n) is 2.19. The van der Waals surface area contributed by atoms with E-state index in [4.69, 9.17) is 15.6 Å². The second-order valence-corrected chi connectivity index (χ2v) is 3.58. The highest BCUT2D eigenvalue weighted by molar-refractivity contribution is 5.64. The smallest absolute Gasteiger partial charge is 0.404 e. The first-order chi connectivity index (χ1) is 9.04. The highest BCUT2D eigenvalue weighted by Crippen LogP contribution is 2.25. The maximum absolute atomic E-state index is 10.7. The predicted octanol–water partition coefficient (Wildman–Crippen LogP) is 0.951. The fourth-order valence-electron chi connectivity index (χ4n) is 1.31.